The number of aromatic hydroxyl groups is 1. The van der Waals surface area contributed by atoms with E-state index in [1.165, 1.54) is 0 Å². The SMILES string of the molecule is O=[N+]([O-])c1cc(C(F)(F)F)c(Cl)c([N+](=O)[O-])c1O. The molecule has 18 heavy (non-hydrogen) atoms. The lowest BCUT2D eigenvalue weighted by Gasteiger charge is -2.09. The van der Waals surface area contributed by atoms with Crippen LogP contribution in [0.2, 0.25) is 5.02 Å². The van der Waals surface area contributed by atoms with Crippen molar-refractivity contribution in [2.45, 2.75) is 6.18 Å². The average Bonchev–Trinajstić information content (AvgIpc) is 2.13. The predicted octanol–water partition coefficient (Wildman–Crippen LogP) is 2.88. The Kier molecular flexibility index (Phi) is 3.33. The number of benzene rings is 1. The number of nitro benzene ring substituents is 2. The van der Waals surface area contributed by atoms with Gasteiger partial charge in [0.2, 0.25) is 0 Å². The van der Waals surface area contributed by atoms with Gasteiger partial charge in [-0.1, -0.05) is 11.6 Å². The normalized spacial score (nSPS) is 11.3. The molecular weight excluding hydrogens is 285 g/mol. The van der Waals surface area contributed by atoms with Crippen molar-refractivity contribution in [1.29, 1.82) is 0 Å². The topological polar surface area (TPSA) is 107 Å². The summed E-state index contributed by atoms with van der Waals surface area (Å²) < 4.78 is 37.4. The monoisotopic (exact) mass is 286 g/mol. The van der Waals surface area contributed by atoms with E-state index in [0.717, 1.165) is 0 Å². The summed E-state index contributed by atoms with van der Waals surface area (Å²) in [5.41, 5.74) is -4.77. The number of hydrogen-bond acceptors (Lipinski definition) is 5. The van der Waals surface area contributed by atoms with Crippen molar-refractivity contribution in [1.82, 2.24) is 0 Å². The van der Waals surface area contributed by atoms with Gasteiger partial charge in [-0.15, -0.1) is 0 Å². The quantitative estimate of drug-likeness (QED) is 0.664. The smallest absolute Gasteiger partial charge is 0.418 e. The van der Waals surface area contributed by atoms with Gasteiger partial charge in [-0.25, -0.2) is 0 Å². The molecule has 0 aliphatic rings. The summed E-state index contributed by atoms with van der Waals surface area (Å²) in [5.74, 6) is -1.52. The summed E-state index contributed by atoms with van der Waals surface area (Å²) in [5, 5.41) is 28.6. The summed E-state index contributed by atoms with van der Waals surface area (Å²) >= 11 is 5.13. The Labute approximate surface area is 101 Å². The van der Waals surface area contributed by atoms with Crippen molar-refractivity contribution >= 4 is 23.0 Å². The van der Waals surface area contributed by atoms with Crippen LogP contribution in [-0.2, 0) is 6.18 Å². The summed E-state index contributed by atoms with van der Waals surface area (Å²) in [6.45, 7) is 0. The highest BCUT2D eigenvalue weighted by Crippen LogP contribution is 2.47. The molecule has 0 unspecified atom stereocenters. The molecule has 0 aromatic heterocycles. The third-order valence-corrected chi connectivity index (χ3v) is 2.26. The zero-order chi connectivity index (χ0) is 14.2. The van der Waals surface area contributed by atoms with E-state index in [4.69, 9.17) is 16.7 Å². The van der Waals surface area contributed by atoms with Gasteiger partial charge in [-0.2, -0.15) is 13.2 Å². The second kappa shape index (κ2) is 4.29. The third kappa shape index (κ3) is 2.27. The lowest BCUT2D eigenvalue weighted by Crippen LogP contribution is -2.08. The minimum atomic E-state index is -5.12. The Hall–Kier alpha value is -2.10. The van der Waals surface area contributed by atoms with E-state index in [1.807, 2.05) is 0 Å². The van der Waals surface area contributed by atoms with Gasteiger partial charge in [0.25, 0.3) is 5.75 Å². The maximum atomic E-state index is 12.5. The lowest BCUT2D eigenvalue weighted by molar-refractivity contribution is -0.396. The second-order valence-electron chi connectivity index (χ2n) is 2.97. The number of halogens is 4. The van der Waals surface area contributed by atoms with Crippen molar-refractivity contribution in [3.8, 4) is 5.75 Å². The second-order valence-corrected chi connectivity index (χ2v) is 3.34. The van der Waals surface area contributed by atoms with E-state index in [-0.39, 0.29) is 6.07 Å². The first-order valence-electron chi connectivity index (χ1n) is 3.98. The molecule has 0 atom stereocenters. The molecule has 1 rings (SSSR count). The minimum absolute atomic E-state index is 0.0648. The van der Waals surface area contributed by atoms with Crippen LogP contribution in [0.1, 0.15) is 5.56 Å². The molecule has 98 valence electrons. The van der Waals surface area contributed by atoms with E-state index < -0.39 is 43.7 Å². The summed E-state index contributed by atoms with van der Waals surface area (Å²) in [7, 11) is 0. The summed E-state index contributed by atoms with van der Waals surface area (Å²) in [6.07, 6.45) is -5.12. The van der Waals surface area contributed by atoms with Crippen LogP contribution in [0, 0.1) is 20.2 Å². The van der Waals surface area contributed by atoms with Crippen molar-refractivity contribution in [3.63, 3.8) is 0 Å². The lowest BCUT2D eigenvalue weighted by atomic mass is 10.1. The van der Waals surface area contributed by atoms with Crippen LogP contribution in [0.25, 0.3) is 0 Å². The molecule has 0 saturated heterocycles. The van der Waals surface area contributed by atoms with Gasteiger partial charge in [0.05, 0.1) is 15.4 Å². The molecule has 0 radical (unpaired) electrons. The number of alkyl halides is 3. The molecule has 0 bridgehead atoms. The molecule has 0 heterocycles. The predicted molar refractivity (Wildman–Crippen MR) is 51.4 cm³/mol. The molecule has 0 amide bonds. The van der Waals surface area contributed by atoms with Crippen LogP contribution in [0.4, 0.5) is 24.5 Å². The molecule has 0 spiro atoms. The van der Waals surface area contributed by atoms with Crippen molar-refractivity contribution in [2.75, 3.05) is 0 Å². The number of phenolic OH excluding ortho intramolecular Hbond substituents is 1. The standard InChI is InChI=1S/C7H2ClF3N2O5/c8-4-2(7(9,10)11)1-3(12(15)16)6(14)5(4)13(17)18/h1,14H. The van der Waals surface area contributed by atoms with Crippen molar-refractivity contribution in [3.05, 3.63) is 36.9 Å². The highest BCUT2D eigenvalue weighted by Gasteiger charge is 2.42. The highest BCUT2D eigenvalue weighted by molar-refractivity contribution is 6.34. The van der Waals surface area contributed by atoms with E-state index in [9.17, 15) is 33.4 Å². The van der Waals surface area contributed by atoms with Gasteiger partial charge in [-0.3, -0.25) is 20.2 Å². The fourth-order valence-corrected chi connectivity index (χ4v) is 1.45. The van der Waals surface area contributed by atoms with Crippen LogP contribution in [0.15, 0.2) is 6.07 Å². The van der Waals surface area contributed by atoms with Gasteiger partial charge in [0, 0.05) is 6.07 Å². The van der Waals surface area contributed by atoms with Gasteiger partial charge in [-0.05, 0) is 0 Å². The maximum Gasteiger partial charge on any atom is 0.418 e. The molecule has 0 aliphatic heterocycles. The molecule has 1 aromatic carbocycles. The number of rotatable bonds is 2. The van der Waals surface area contributed by atoms with Crippen LogP contribution < -0.4 is 0 Å². The molecule has 0 aliphatic carbocycles. The minimum Gasteiger partial charge on any atom is -0.497 e. The zero-order valence-electron chi connectivity index (χ0n) is 8.06. The van der Waals surface area contributed by atoms with Crippen molar-refractivity contribution < 1.29 is 28.1 Å². The maximum absolute atomic E-state index is 12.5. The largest absolute Gasteiger partial charge is 0.497 e. The van der Waals surface area contributed by atoms with E-state index >= 15 is 0 Å². The fourth-order valence-electron chi connectivity index (χ4n) is 1.13. The van der Waals surface area contributed by atoms with Gasteiger partial charge in [0.1, 0.15) is 5.02 Å². The molecule has 1 N–H and O–H groups in total. The first-order valence-corrected chi connectivity index (χ1v) is 4.36. The Balaban J connectivity index is 3.78. The third-order valence-electron chi connectivity index (χ3n) is 1.88. The van der Waals surface area contributed by atoms with Crippen molar-refractivity contribution in [2.24, 2.45) is 0 Å². The van der Waals surface area contributed by atoms with Crippen LogP contribution >= 0.6 is 11.6 Å². The fraction of sp³-hybridized carbons (Fsp3) is 0.143. The van der Waals surface area contributed by atoms with Gasteiger partial charge >= 0.3 is 17.6 Å². The van der Waals surface area contributed by atoms with Crippen LogP contribution in [-0.4, -0.2) is 15.0 Å². The molecule has 11 heteroatoms. The van der Waals surface area contributed by atoms with E-state index in [1.54, 1.807) is 0 Å². The number of phenols is 1. The highest BCUT2D eigenvalue weighted by atomic mass is 35.5. The molecule has 0 fully saturated rings. The Bertz CT molecular complexity index is 545. The number of nitrogens with zero attached hydrogens (tertiary/aromatic N) is 2. The molecule has 7 nitrogen and oxygen atoms in total. The van der Waals surface area contributed by atoms with Crippen LogP contribution in [0.3, 0.4) is 0 Å². The van der Waals surface area contributed by atoms with E-state index in [0.29, 0.717) is 0 Å². The molecule has 0 saturated carbocycles. The summed E-state index contributed by atoms with van der Waals surface area (Å²) in [4.78, 5) is 18.1. The zero-order valence-corrected chi connectivity index (χ0v) is 8.82. The van der Waals surface area contributed by atoms with Gasteiger partial charge in [0.15, 0.2) is 0 Å². The average molecular weight is 287 g/mol. The number of nitro groups is 2. The van der Waals surface area contributed by atoms with Crippen LogP contribution in [0.5, 0.6) is 5.75 Å². The Morgan fingerprint density at radius 2 is 1.72 bits per heavy atom. The van der Waals surface area contributed by atoms with E-state index in [2.05, 4.69) is 0 Å². The Morgan fingerprint density at radius 3 is 2.06 bits per heavy atom. The van der Waals surface area contributed by atoms with Gasteiger partial charge < -0.3 is 5.11 Å². The first-order chi connectivity index (χ1) is 8.07. The molecular formula is C7H2ClF3N2O5. The summed E-state index contributed by atoms with van der Waals surface area (Å²) in [6, 6.07) is -0.0648. The molecule has 1 aromatic rings. The Morgan fingerprint density at radius 1 is 1.22 bits per heavy atom. The number of hydrogen-bond donors (Lipinski definition) is 1. The first kappa shape index (κ1) is 14.0.